The summed E-state index contributed by atoms with van der Waals surface area (Å²) in [4.78, 5) is 2.34. The van der Waals surface area contributed by atoms with Gasteiger partial charge in [-0.15, -0.1) is 0 Å². The van der Waals surface area contributed by atoms with E-state index in [0.717, 1.165) is 12.3 Å². The maximum Gasteiger partial charge on any atom is 0.123 e. The van der Waals surface area contributed by atoms with Crippen molar-refractivity contribution in [1.82, 2.24) is 10.2 Å². The van der Waals surface area contributed by atoms with E-state index in [0.29, 0.717) is 6.04 Å². The zero-order chi connectivity index (χ0) is 13.7. The summed E-state index contributed by atoms with van der Waals surface area (Å²) in [5, 5.41) is 3.38. The molecule has 0 radical (unpaired) electrons. The van der Waals surface area contributed by atoms with Crippen LogP contribution in [0.25, 0.3) is 0 Å². The summed E-state index contributed by atoms with van der Waals surface area (Å²) in [7, 11) is 5.88. The molecule has 0 aliphatic carbocycles. The van der Waals surface area contributed by atoms with Crippen molar-refractivity contribution in [3.8, 4) is 5.75 Å². The molecule has 0 bridgehead atoms. The highest BCUT2D eigenvalue weighted by Crippen LogP contribution is 2.26. The van der Waals surface area contributed by atoms with Crippen LogP contribution in [0.4, 0.5) is 0 Å². The summed E-state index contributed by atoms with van der Waals surface area (Å²) in [5.41, 5.74) is 2.49. The first kappa shape index (κ1) is 15.0. The Bertz CT molecular complexity index is 377. The van der Waals surface area contributed by atoms with E-state index in [1.54, 1.807) is 7.11 Å². The molecule has 0 saturated heterocycles. The Morgan fingerprint density at radius 1 is 1.33 bits per heavy atom. The normalized spacial score (nSPS) is 13.1. The van der Waals surface area contributed by atoms with E-state index >= 15 is 0 Å². The van der Waals surface area contributed by atoms with Gasteiger partial charge < -0.3 is 15.0 Å². The molecule has 1 aromatic rings. The Morgan fingerprint density at radius 3 is 2.50 bits per heavy atom. The maximum absolute atomic E-state index is 5.47. The Hall–Kier alpha value is -1.06. The van der Waals surface area contributed by atoms with E-state index in [1.807, 2.05) is 13.1 Å². The molecule has 0 spiro atoms. The fraction of sp³-hybridized carbons (Fsp3) is 0.600. The number of rotatable bonds is 6. The first-order chi connectivity index (χ1) is 8.49. The number of likely N-dealkylation sites (N-methyl/N-ethyl adjacent to an activating group) is 2. The van der Waals surface area contributed by atoms with Gasteiger partial charge in [-0.3, -0.25) is 0 Å². The first-order valence-electron chi connectivity index (χ1n) is 6.51. The fourth-order valence-corrected chi connectivity index (χ4v) is 1.97. The summed E-state index contributed by atoms with van der Waals surface area (Å²) in [6.07, 6.45) is 0. The van der Waals surface area contributed by atoms with Gasteiger partial charge in [-0.1, -0.05) is 17.7 Å². The van der Waals surface area contributed by atoms with Gasteiger partial charge in [0.15, 0.2) is 0 Å². The Labute approximate surface area is 111 Å². The van der Waals surface area contributed by atoms with Crippen LogP contribution in [-0.2, 0) is 0 Å². The third-order valence-electron chi connectivity index (χ3n) is 3.46. The van der Waals surface area contributed by atoms with E-state index in [9.17, 15) is 0 Å². The van der Waals surface area contributed by atoms with Gasteiger partial charge in [-0.05, 0) is 40.9 Å². The molecular weight excluding hydrogens is 224 g/mol. The Morgan fingerprint density at radius 2 is 2.00 bits per heavy atom. The molecule has 0 amide bonds. The van der Waals surface area contributed by atoms with Crippen molar-refractivity contribution in [2.45, 2.75) is 32.9 Å². The molecule has 0 aliphatic heterocycles. The van der Waals surface area contributed by atoms with Crippen LogP contribution in [-0.4, -0.2) is 38.7 Å². The monoisotopic (exact) mass is 250 g/mol. The lowest BCUT2D eigenvalue weighted by Crippen LogP contribution is -2.35. The van der Waals surface area contributed by atoms with Crippen molar-refractivity contribution < 1.29 is 4.74 Å². The third-order valence-corrected chi connectivity index (χ3v) is 3.46. The van der Waals surface area contributed by atoms with Crippen molar-refractivity contribution in [1.29, 1.82) is 0 Å². The molecule has 1 N–H and O–H groups in total. The van der Waals surface area contributed by atoms with Gasteiger partial charge in [0.05, 0.1) is 7.11 Å². The van der Waals surface area contributed by atoms with Crippen LogP contribution in [0.3, 0.4) is 0 Å². The molecule has 1 atom stereocenters. The largest absolute Gasteiger partial charge is 0.496 e. The van der Waals surface area contributed by atoms with Gasteiger partial charge in [0.1, 0.15) is 5.75 Å². The zero-order valence-electron chi connectivity index (χ0n) is 12.4. The summed E-state index contributed by atoms with van der Waals surface area (Å²) >= 11 is 0. The van der Waals surface area contributed by atoms with E-state index in [2.05, 4.69) is 50.2 Å². The second-order valence-electron chi connectivity index (χ2n) is 5.12. The Balaban J connectivity index is 2.97. The minimum absolute atomic E-state index is 0.284. The van der Waals surface area contributed by atoms with Crippen LogP contribution < -0.4 is 10.1 Å². The van der Waals surface area contributed by atoms with Crippen LogP contribution >= 0.6 is 0 Å². The number of nitrogens with one attached hydrogen (secondary N) is 1. The number of aryl methyl sites for hydroxylation is 1. The van der Waals surface area contributed by atoms with E-state index in [1.165, 1.54) is 11.1 Å². The van der Waals surface area contributed by atoms with Gasteiger partial charge in [0, 0.05) is 24.2 Å². The highest BCUT2D eigenvalue weighted by Gasteiger charge is 2.17. The molecule has 1 aromatic carbocycles. The van der Waals surface area contributed by atoms with E-state index < -0.39 is 0 Å². The standard InChI is InChI=1S/C15H26N2O/c1-11(2)17(5)10-14(16-4)13-9-12(3)7-8-15(13)18-6/h7-9,11,14,16H,10H2,1-6H3. The first-order valence-corrected chi connectivity index (χ1v) is 6.51. The number of hydrogen-bond acceptors (Lipinski definition) is 3. The van der Waals surface area contributed by atoms with Crippen molar-refractivity contribution >= 4 is 0 Å². The number of hydrogen-bond donors (Lipinski definition) is 1. The second kappa shape index (κ2) is 6.76. The number of benzene rings is 1. The minimum atomic E-state index is 0.284. The summed E-state index contributed by atoms with van der Waals surface area (Å²) in [5.74, 6) is 0.956. The molecule has 0 aliphatic rings. The van der Waals surface area contributed by atoms with E-state index in [-0.39, 0.29) is 6.04 Å². The van der Waals surface area contributed by atoms with E-state index in [4.69, 9.17) is 4.74 Å². The quantitative estimate of drug-likeness (QED) is 0.840. The molecule has 0 heterocycles. The lowest BCUT2D eigenvalue weighted by Gasteiger charge is -2.28. The molecule has 1 unspecified atom stereocenters. The predicted molar refractivity (Wildman–Crippen MR) is 77.3 cm³/mol. The van der Waals surface area contributed by atoms with Crippen molar-refractivity contribution in [2.75, 3.05) is 27.7 Å². The number of nitrogens with zero attached hydrogens (tertiary/aromatic N) is 1. The van der Waals surface area contributed by atoms with Gasteiger partial charge in [0.25, 0.3) is 0 Å². The molecule has 102 valence electrons. The zero-order valence-corrected chi connectivity index (χ0v) is 12.4. The highest BCUT2D eigenvalue weighted by molar-refractivity contribution is 5.39. The molecule has 0 aromatic heterocycles. The van der Waals surface area contributed by atoms with Gasteiger partial charge in [0.2, 0.25) is 0 Å². The fourth-order valence-electron chi connectivity index (χ4n) is 1.97. The predicted octanol–water partition coefficient (Wildman–Crippen LogP) is 2.60. The van der Waals surface area contributed by atoms with Gasteiger partial charge in [-0.25, -0.2) is 0 Å². The smallest absolute Gasteiger partial charge is 0.123 e. The van der Waals surface area contributed by atoms with Gasteiger partial charge in [-0.2, -0.15) is 0 Å². The average Bonchev–Trinajstić information content (AvgIpc) is 2.35. The highest BCUT2D eigenvalue weighted by atomic mass is 16.5. The third kappa shape index (κ3) is 3.72. The second-order valence-corrected chi connectivity index (χ2v) is 5.12. The summed E-state index contributed by atoms with van der Waals surface area (Å²) < 4.78 is 5.47. The number of methoxy groups -OCH3 is 1. The number of ether oxygens (including phenoxy) is 1. The lowest BCUT2D eigenvalue weighted by atomic mass is 10.0. The van der Waals surface area contributed by atoms with Crippen LogP contribution in [0.15, 0.2) is 18.2 Å². The minimum Gasteiger partial charge on any atom is -0.496 e. The molecule has 3 heteroatoms. The molecule has 1 rings (SSSR count). The lowest BCUT2D eigenvalue weighted by molar-refractivity contribution is 0.244. The average molecular weight is 250 g/mol. The van der Waals surface area contributed by atoms with Crippen LogP contribution in [0.1, 0.15) is 31.0 Å². The topological polar surface area (TPSA) is 24.5 Å². The molecular formula is C15H26N2O. The maximum atomic E-state index is 5.47. The van der Waals surface area contributed by atoms with Crippen molar-refractivity contribution in [2.24, 2.45) is 0 Å². The molecule has 0 fully saturated rings. The van der Waals surface area contributed by atoms with Crippen LogP contribution in [0.2, 0.25) is 0 Å². The van der Waals surface area contributed by atoms with Crippen LogP contribution in [0, 0.1) is 6.92 Å². The Kier molecular flexibility index (Phi) is 5.63. The summed E-state index contributed by atoms with van der Waals surface area (Å²) in [6.45, 7) is 7.50. The van der Waals surface area contributed by atoms with Crippen LogP contribution in [0.5, 0.6) is 5.75 Å². The summed E-state index contributed by atoms with van der Waals surface area (Å²) in [6, 6.07) is 7.16. The molecule has 3 nitrogen and oxygen atoms in total. The SMILES string of the molecule is CNC(CN(C)C(C)C)c1cc(C)ccc1OC. The molecule has 0 saturated carbocycles. The van der Waals surface area contributed by atoms with Gasteiger partial charge >= 0.3 is 0 Å². The van der Waals surface area contributed by atoms with Crippen molar-refractivity contribution in [3.05, 3.63) is 29.3 Å². The van der Waals surface area contributed by atoms with Crippen molar-refractivity contribution in [3.63, 3.8) is 0 Å². The molecule has 18 heavy (non-hydrogen) atoms.